The third-order valence-electron chi connectivity index (χ3n) is 12.5. The zero-order chi connectivity index (χ0) is 40.8. The summed E-state index contributed by atoms with van der Waals surface area (Å²) in [6.45, 7) is 3.83. The van der Waals surface area contributed by atoms with Crippen LogP contribution < -0.4 is 29.6 Å². The molecule has 310 valence electrons. The summed E-state index contributed by atoms with van der Waals surface area (Å²) in [5.41, 5.74) is 0.330. The van der Waals surface area contributed by atoms with E-state index in [0.29, 0.717) is 42.2 Å². The van der Waals surface area contributed by atoms with E-state index in [0.717, 1.165) is 62.3 Å². The molecule has 0 bridgehead atoms. The lowest BCUT2D eigenvalue weighted by molar-refractivity contribution is -0.141. The highest BCUT2D eigenvalue weighted by atomic mass is 32.2. The Hall–Kier alpha value is -4.99. The second kappa shape index (κ2) is 16.0. The molecule has 3 aromatic rings. The van der Waals surface area contributed by atoms with E-state index in [1.54, 1.807) is 32.5 Å². The van der Waals surface area contributed by atoms with E-state index in [4.69, 9.17) is 19.2 Å². The summed E-state index contributed by atoms with van der Waals surface area (Å²) in [5, 5.41) is 10.9. The third-order valence-corrected chi connectivity index (χ3v) is 14.1. The van der Waals surface area contributed by atoms with Crippen molar-refractivity contribution in [3.63, 3.8) is 0 Å². The molecule has 6 atom stereocenters. The minimum atomic E-state index is -1.61. The smallest absolute Gasteiger partial charge is 0.272 e. The molecule has 3 N–H and O–H groups in total. The zero-order valence-electron chi connectivity index (χ0n) is 33.6. The van der Waals surface area contributed by atoms with Crippen LogP contribution in [-0.2, 0) is 32.4 Å². The van der Waals surface area contributed by atoms with Gasteiger partial charge in [-0.3, -0.25) is 28.6 Å². The lowest BCUT2D eigenvalue weighted by Crippen LogP contribution is -2.58. The summed E-state index contributed by atoms with van der Waals surface area (Å²) in [6, 6.07) is 5.09. The molecule has 4 heterocycles. The van der Waals surface area contributed by atoms with E-state index in [9.17, 15) is 23.4 Å². The lowest BCUT2D eigenvalue weighted by Gasteiger charge is -2.30. The van der Waals surface area contributed by atoms with Gasteiger partial charge in [-0.1, -0.05) is 25.0 Å². The first-order valence-corrected chi connectivity index (χ1v) is 21.7. The molecule has 15 nitrogen and oxygen atoms in total. The average Bonchev–Trinajstić information content (AvgIpc) is 3.98. The number of carbonyl (C=O) groups is 4. The molecule has 2 aliphatic heterocycles. The van der Waals surface area contributed by atoms with Crippen molar-refractivity contribution in [2.75, 3.05) is 13.7 Å². The molecule has 1 aromatic carbocycles. The van der Waals surface area contributed by atoms with Crippen molar-refractivity contribution in [1.29, 1.82) is 0 Å². The number of benzene rings is 1. The Morgan fingerprint density at radius 2 is 1.83 bits per heavy atom. The quantitative estimate of drug-likeness (QED) is 0.252. The molecule has 1 saturated heterocycles. The van der Waals surface area contributed by atoms with Crippen LogP contribution >= 0.6 is 0 Å². The maximum Gasteiger partial charge on any atom is 0.272 e. The van der Waals surface area contributed by atoms with Crippen molar-refractivity contribution in [3.8, 4) is 17.4 Å². The molecular formula is C42H53N7O8S. The number of pyridine rings is 1. The van der Waals surface area contributed by atoms with E-state index < -0.39 is 63.1 Å². The molecule has 2 aromatic heterocycles. The highest BCUT2D eigenvalue weighted by Crippen LogP contribution is 2.47. The van der Waals surface area contributed by atoms with Crippen LogP contribution in [0.5, 0.6) is 17.4 Å². The lowest BCUT2D eigenvalue weighted by atomic mass is 9.96. The van der Waals surface area contributed by atoms with E-state index >= 15 is 0 Å². The number of rotatable bonds is 10. The molecule has 0 radical (unpaired) electrons. The van der Waals surface area contributed by atoms with Crippen LogP contribution in [0.4, 0.5) is 0 Å². The van der Waals surface area contributed by atoms with Gasteiger partial charge in [-0.15, -0.1) is 0 Å². The Labute approximate surface area is 340 Å². The first-order valence-electron chi connectivity index (χ1n) is 20.5. The van der Waals surface area contributed by atoms with Crippen LogP contribution in [0.15, 0.2) is 42.6 Å². The summed E-state index contributed by atoms with van der Waals surface area (Å²) < 4.78 is 35.5. The van der Waals surface area contributed by atoms with Gasteiger partial charge in [0.25, 0.3) is 11.8 Å². The van der Waals surface area contributed by atoms with Gasteiger partial charge in [0.1, 0.15) is 58.0 Å². The van der Waals surface area contributed by atoms with Gasteiger partial charge in [-0.2, -0.15) is 5.10 Å². The molecule has 0 spiro atoms. The van der Waals surface area contributed by atoms with Crippen LogP contribution in [0.1, 0.15) is 100 Å². The van der Waals surface area contributed by atoms with Crippen LogP contribution in [0.2, 0.25) is 0 Å². The van der Waals surface area contributed by atoms with E-state index in [2.05, 4.69) is 20.5 Å². The van der Waals surface area contributed by atoms with Crippen molar-refractivity contribution in [2.24, 2.45) is 13.0 Å². The minimum absolute atomic E-state index is 0.0372. The molecule has 3 saturated carbocycles. The van der Waals surface area contributed by atoms with Gasteiger partial charge in [0, 0.05) is 42.6 Å². The van der Waals surface area contributed by atoms with Gasteiger partial charge in [0.2, 0.25) is 17.7 Å². The number of fused-ring (bicyclic) bond motifs is 3. The maximum absolute atomic E-state index is 14.8. The minimum Gasteiger partial charge on any atom is -0.496 e. The summed E-state index contributed by atoms with van der Waals surface area (Å²) in [7, 11) is 1.70. The zero-order valence-corrected chi connectivity index (χ0v) is 34.4. The largest absolute Gasteiger partial charge is 0.496 e. The van der Waals surface area contributed by atoms with Gasteiger partial charge >= 0.3 is 0 Å². The first-order chi connectivity index (χ1) is 27.9. The molecule has 4 fully saturated rings. The first kappa shape index (κ1) is 39.8. The van der Waals surface area contributed by atoms with Crippen molar-refractivity contribution < 1.29 is 37.6 Å². The van der Waals surface area contributed by atoms with Gasteiger partial charge in [-0.05, 0) is 89.8 Å². The standard InChI is InChI=1S/C42H53N7O8S/c1-25-33(55-4)16-15-29-34(22-35(44-36(25)29)57-27-12-10-13-27)56-28-21-32-38(51)45-42(40(53)47-58(54)41(2)18-19-41)23-26(42)11-8-6-5-7-9-14-31(39(52)49(32)24-28)43-37(50)30-17-20-48(3)46-30/h8,11,15-17,20,22,26-28,31-32H,5-7,9-10,12-14,18-19,21,23-24H2,1-4H3,(H,43,50)(H,45,51)(H,47,53)/b11-8-/t26?,28-,31+,32+,42-,58?/m1/s1. The van der Waals surface area contributed by atoms with Crippen LogP contribution in [-0.4, -0.2) is 95.7 Å². The Morgan fingerprint density at radius 1 is 1.02 bits per heavy atom. The highest BCUT2D eigenvalue weighted by molar-refractivity contribution is 7.85. The summed E-state index contributed by atoms with van der Waals surface area (Å²) in [4.78, 5) is 63.1. The van der Waals surface area contributed by atoms with Crippen LogP contribution in [0.3, 0.4) is 0 Å². The number of amides is 4. The molecule has 58 heavy (non-hydrogen) atoms. The fourth-order valence-electron chi connectivity index (χ4n) is 8.17. The van der Waals surface area contributed by atoms with Gasteiger partial charge < -0.3 is 29.7 Å². The fraction of sp³-hybridized carbons (Fsp3) is 0.571. The number of nitrogens with zero attached hydrogens (tertiary/aromatic N) is 4. The van der Waals surface area contributed by atoms with E-state index in [-0.39, 0.29) is 30.7 Å². The number of nitrogens with one attached hydrogen (secondary N) is 3. The normalized spacial score (nSPS) is 28.0. The van der Waals surface area contributed by atoms with Gasteiger partial charge in [0.15, 0.2) is 0 Å². The van der Waals surface area contributed by atoms with Crippen LogP contribution in [0, 0.1) is 12.8 Å². The van der Waals surface area contributed by atoms with Crippen molar-refractivity contribution in [3.05, 3.63) is 53.9 Å². The number of aromatic nitrogens is 3. The number of hydrogen-bond acceptors (Lipinski definition) is 10. The SMILES string of the molecule is COc1ccc2c(O[C@@H]3C[C@H]4C(=O)N[C@]5(C(=O)NS(=O)C6(C)CC6)CC5/C=C\CCCCC[C@H](NC(=O)c5ccn(C)n5)C(=O)N4C3)cc(OC3CCC3)nc2c1C. The predicted octanol–water partition coefficient (Wildman–Crippen LogP) is 4.09. The van der Waals surface area contributed by atoms with Crippen molar-refractivity contribution in [2.45, 2.75) is 125 Å². The Bertz CT molecular complexity index is 2170. The number of ether oxygens (including phenoxy) is 3. The Kier molecular flexibility index (Phi) is 11.0. The Balaban J connectivity index is 1.12. The summed E-state index contributed by atoms with van der Waals surface area (Å²) in [6.07, 6.45) is 13.4. The number of hydrogen-bond donors (Lipinski definition) is 3. The fourth-order valence-corrected chi connectivity index (χ4v) is 9.24. The molecule has 16 heteroatoms. The number of aryl methyl sites for hydroxylation is 2. The van der Waals surface area contributed by atoms with Crippen LogP contribution in [0.25, 0.3) is 10.9 Å². The maximum atomic E-state index is 14.8. The number of allylic oxidation sites excluding steroid dienone is 1. The monoisotopic (exact) mass is 815 g/mol. The summed E-state index contributed by atoms with van der Waals surface area (Å²) in [5.74, 6) is -0.658. The highest BCUT2D eigenvalue weighted by Gasteiger charge is 2.62. The molecule has 2 unspecified atom stereocenters. The van der Waals surface area contributed by atoms with E-state index in [1.165, 1.54) is 9.58 Å². The van der Waals surface area contributed by atoms with Gasteiger partial charge in [-0.25, -0.2) is 9.19 Å². The molecule has 5 aliphatic rings. The second-order valence-electron chi connectivity index (χ2n) is 16.8. The molecular weight excluding hydrogens is 763 g/mol. The summed E-state index contributed by atoms with van der Waals surface area (Å²) >= 11 is 0. The molecule has 4 amide bonds. The number of carbonyl (C=O) groups excluding carboxylic acids is 4. The third kappa shape index (κ3) is 8.03. The molecule has 8 rings (SSSR count). The average molecular weight is 816 g/mol. The molecule has 3 aliphatic carbocycles. The topological polar surface area (TPSA) is 183 Å². The van der Waals surface area contributed by atoms with Crippen molar-refractivity contribution >= 4 is 45.5 Å². The van der Waals surface area contributed by atoms with Crippen molar-refractivity contribution in [1.82, 2.24) is 35.0 Å². The second-order valence-corrected chi connectivity index (χ2v) is 18.5. The predicted molar refractivity (Wildman–Crippen MR) is 215 cm³/mol. The van der Waals surface area contributed by atoms with E-state index in [1.807, 2.05) is 38.1 Å². The van der Waals surface area contributed by atoms with Gasteiger partial charge in [0.05, 0.1) is 23.9 Å². The number of methoxy groups -OCH3 is 1. The Morgan fingerprint density at radius 3 is 2.53 bits per heavy atom.